The SMILES string of the molecule is COc1ccc(CN2C(=O)c3cccc4c(Br)ccc(c34)C2=O)cc1. The molecule has 0 saturated heterocycles. The number of benzene rings is 3. The lowest BCUT2D eigenvalue weighted by molar-refractivity contribution is 0.0598. The van der Waals surface area contributed by atoms with Crippen molar-refractivity contribution in [2.24, 2.45) is 0 Å². The minimum atomic E-state index is -0.267. The van der Waals surface area contributed by atoms with Gasteiger partial charge in [-0.3, -0.25) is 14.5 Å². The Balaban J connectivity index is 1.78. The van der Waals surface area contributed by atoms with Gasteiger partial charge >= 0.3 is 0 Å². The minimum Gasteiger partial charge on any atom is -0.497 e. The molecule has 0 aromatic heterocycles. The second-order valence-electron chi connectivity index (χ2n) is 5.87. The summed E-state index contributed by atoms with van der Waals surface area (Å²) < 4.78 is 6.02. The number of nitrogens with zero attached hydrogens (tertiary/aromatic N) is 1. The van der Waals surface area contributed by atoms with Gasteiger partial charge in [0.15, 0.2) is 0 Å². The Labute approximate surface area is 153 Å². The average molecular weight is 396 g/mol. The molecule has 1 heterocycles. The summed E-state index contributed by atoms with van der Waals surface area (Å²) in [4.78, 5) is 27.1. The number of methoxy groups -OCH3 is 1. The van der Waals surface area contributed by atoms with Crippen molar-refractivity contribution in [2.75, 3.05) is 7.11 Å². The average Bonchev–Trinajstić information content (AvgIpc) is 2.65. The Morgan fingerprint density at radius 2 is 1.60 bits per heavy atom. The maximum absolute atomic E-state index is 12.9. The van der Waals surface area contributed by atoms with Crippen LogP contribution >= 0.6 is 15.9 Å². The van der Waals surface area contributed by atoms with Crippen LogP contribution in [0.25, 0.3) is 10.8 Å². The lowest BCUT2D eigenvalue weighted by Gasteiger charge is -2.27. The molecule has 5 heteroatoms. The molecule has 4 rings (SSSR count). The van der Waals surface area contributed by atoms with Crippen LogP contribution in [0, 0.1) is 0 Å². The lowest BCUT2D eigenvalue weighted by atomic mass is 9.94. The molecular formula is C20H14BrNO3. The molecular weight excluding hydrogens is 382 g/mol. The van der Waals surface area contributed by atoms with Crippen LogP contribution in [-0.2, 0) is 6.54 Å². The lowest BCUT2D eigenvalue weighted by Crippen LogP contribution is -2.39. The summed E-state index contributed by atoms with van der Waals surface area (Å²) in [6.07, 6.45) is 0. The molecule has 4 nitrogen and oxygen atoms in total. The van der Waals surface area contributed by atoms with Crippen molar-refractivity contribution in [3.05, 3.63) is 75.8 Å². The quantitative estimate of drug-likeness (QED) is 0.617. The van der Waals surface area contributed by atoms with Crippen molar-refractivity contribution < 1.29 is 14.3 Å². The molecule has 0 saturated carbocycles. The molecule has 0 atom stereocenters. The van der Waals surface area contributed by atoms with Crippen molar-refractivity contribution in [2.45, 2.75) is 6.54 Å². The first-order chi connectivity index (χ1) is 12.1. The van der Waals surface area contributed by atoms with Crippen molar-refractivity contribution in [3.63, 3.8) is 0 Å². The molecule has 3 aromatic carbocycles. The van der Waals surface area contributed by atoms with E-state index >= 15 is 0 Å². The molecule has 3 aromatic rings. The van der Waals surface area contributed by atoms with E-state index in [9.17, 15) is 9.59 Å². The van der Waals surface area contributed by atoms with E-state index in [-0.39, 0.29) is 18.4 Å². The number of carbonyl (C=O) groups is 2. The highest BCUT2D eigenvalue weighted by molar-refractivity contribution is 9.10. The standard InChI is InChI=1S/C20H14BrNO3/c1-25-13-7-5-12(6-8-13)11-22-19(23)15-4-2-3-14-17(21)10-9-16(18(14)15)20(22)24/h2-10H,11H2,1H3. The molecule has 124 valence electrons. The van der Waals surface area contributed by atoms with Crippen molar-refractivity contribution >= 4 is 38.5 Å². The van der Waals surface area contributed by atoms with Gasteiger partial charge in [-0.1, -0.05) is 40.2 Å². The van der Waals surface area contributed by atoms with Crippen LogP contribution < -0.4 is 4.74 Å². The van der Waals surface area contributed by atoms with E-state index in [0.717, 1.165) is 26.6 Å². The van der Waals surface area contributed by atoms with Gasteiger partial charge in [-0.05, 0) is 41.3 Å². The molecule has 0 bridgehead atoms. The van der Waals surface area contributed by atoms with Crippen LogP contribution in [-0.4, -0.2) is 23.8 Å². The summed E-state index contributed by atoms with van der Waals surface area (Å²) in [6, 6.07) is 16.5. The summed E-state index contributed by atoms with van der Waals surface area (Å²) in [6.45, 7) is 0.230. The maximum atomic E-state index is 12.9. The Kier molecular flexibility index (Phi) is 3.81. The Bertz CT molecular complexity index is 989. The molecule has 25 heavy (non-hydrogen) atoms. The van der Waals surface area contributed by atoms with Gasteiger partial charge in [0.25, 0.3) is 11.8 Å². The number of amides is 2. The molecule has 1 aliphatic heterocycles. The number of hydrogen-bond donors (Lipinski definition) is 0. The predicted molar refractivity (Wildman–Crippen MR) is 98.8 cm³/mol. The van der Waals surface area contributed by atoms with E-state index in [1.165, 1.54) is 4.90 Å². The fraction of sp³-hybridized carbons (Fsp3) is 0.100. The summed E-state index contributed by atoms with van der Waals surface area (Å²) >= 11 is 3.49. The van der Waals surface area contributed by atoms with E-state index in [2.05, 4.69) is 15.9 Å². The van der Waals surface area contributed by atoms with Crippen LogP contribution in [0.3, 0.4) is 0 Å². The highest BCUT2D eigenvalue weighted by Gasteiger charge is 2.33. The molecule has 0 aliphatic carbocycles. The van der Waals surface area contributed by atoms with Gasteiger partial charge in [-0.15, -0.1) is 0 Å². The van der Waals surface area contributed by atoms with Gasteiger partial charge in [0.2, 0.25) is 0 Å². The first kappa shape index (κ1) is 15.8. The Morgan fingerprint density at radius 1 is 0.920 bits per heavy atom. The van der Waals surface area contributed by atoms with Crippen LogP contribution in [0.4, 0.5) is 0 Å². The Morgan fingerprint density at radius 3 is 2.28 bits per heavy atom. The van der Waals surface area contributed by atoms with Crippen molar-refractivity contribution in [1.29, 1.82) is 0 Å². The third kappa shape index (κ3) is 2.51. The van der Waals surface area contributed by atoms with Gasteiger partial charge in [0, 0.05) is 21.0 Å². The maximum Gasteiger partial charge on any atom is 0.261 e. The number of carbonyl (C=O) groups excluding carboxylic acids is 2. The minimum absolute atomic E-state index is 0.230. The van der Waals surface area contributed by atoms with Gasteiger partial charge in [-0.25, -0.2) is 0 Å². The highest BCUT2D eigenvalue weighted by atomic mass is 79.9. The third-order valence-corrected chi connectivity index (χ3v) is 5.13. The molecule has 0 N–H and O–H groups in total. The fourth-order valence-corrected chi connectivity index (χ4v) is 3.63. The van der Waals surface area contributed by atoms with E-state index in [1.807, 2.05) is 42.5 Å². The summed E-state index contributed by atoms with van der Waals surface area (Å²) in [5.41, 5.74) is 1.99. The molecule has 0 spiro atoms. The largest absolute Gasteiger partial charge is 0.497 e. The number of imide groups is 1. The zero-order chi connectivity index (χ0) is 17.6. The highest BCUT2D eigenvalue weighted by Crippen LogP contribution is 2.34. The van der Waals surface area contributed by atoms with E-state index < -0.39 is 0 Å². The van der Waals surface area contributed by atoms with Gasteiger partial charge in [0.05, 0.1) is 13.7 Å². The summed E-state index contributed by atoms with van der Waals surface area (Å²) in [5.74, 6) is 0.203. The molecule has 2 amide bonds. The number of rotatable bonds is 3. The first-order valence-corrected chi connectivity index (χ1v) is 8.60. The van der Waals surface area contributed by atoms with Crippen molar-refractivity contribution in [3.8, 4) is 5.75 Å². The second-order valence-corrected chi connectivity index (χ2v) is 6.72. The molecule has 0 unspecified atom stereocenters. The van der Waals surface area contributed by atoms with Gasteiger partial charge < -0.3 is 4.74 Å². The fourth-order valence-electron chi connectivity index (χ4n) is 3.17. The first-order valence-electron chi connectivity index (χ1n) is 7.80. The summed E-state index contributed by atoms with van der Waals surface area (Å²) in [5, 5.41) is 1.60. The number of halogens is 1. The van der Waals surface area contributed by atoms with E-state index in [4.69, 9.17) is 4.74 Å². The molecule has 0 radical (unpaired) electrons. The van der Waals surface area contributed by atoms with Gasteiger partial charge in [0.1, 0.15) is 5.75 Å². The number of hydrogen-bond acceptors (Lipinski definition) is 3. The van der Waals surface area contributed by atoms with Gasteiger partial charge in [-0.2, -0.15) is 0 Å². The molecule has 0 fully saturated rings. The van der Waals surface area contributed by atoms with E-state index in [0.29, 0.717) is 11.1 Å². The monoisotopic (exact) mass is 395 g/mol. The van der Waals surface area contributed by atoms with Crippen LogP contribution in [0.15, 0.2) is 59.1 Å². The topological polar surface area (TPSA) is 46.6 Å². The van der Waals surface area contributed by atoms with Crippen LogP contribution in [0.2, 0.25) is 0 Å². The normalized spacial score (nSPS) is 13.4. The second kappa shape index (κ2) is 6.01. The molecule has 1 aliphatic rings. The third-order valence-electron chi connectivity index (χ3n) is 4.44. The van der Waals surface area contributed by atoms with E-state index in [1.54, 1.807) is 19.2 Å². The number of ether oxygens (including phenoxy) is 1. The van der Waals surface area contributed by atoms with Crippen LogP contribution in [0.1, 0.15) is 26.3 Å². The Hall–Kier alpha value is -2.66. The van der Waals surface area contributed by atoms with Crippen LogP contribution in [0.5, 0.6) is 5.75 Å². The zero-order valence-electron chi connectivity index (χ0n) is 13.5. The van der Waals surface area contributed by atoms with Crippen molar-refractivity contribution in [1.82, 2.24) is 4.90 Å². The predicted octanol–water partition coefficient (Wildman–Crippen LogP) is 4.41. The smallest absolute Gasteiger partial charge is 0.261 e. The summed E-state index contributed by atoms with van der Waals surface area (Å²) in [7, 11) is 1.60. The zero-order valence-corrected chi connectivity index (χ0v) is 15.0.